The first-order chi connectivity index (χ1) is 9.20. The molecule has 0 saturated carbocycles. The normalized spacial score (nSPS) is 11.3. The quantitative estimate of drug-likeness (QED) is 0.429. The molecule has 1 nitrogen and oxygen atoms in total. The molecule has 0 saturated heterocycles. The van der Waals surface area contributed by atoms with Gasteiger partial charge in [0.1, 0.15) is 5.15 Å². The summed E-state index contributed by atoms with van der Waals surface area (Å²) in [7, 11) is 0. The fraction of sp³-hybridized carbons (Fsp3) is 0.188. The van der Waals surface area contributed by atoms with E-state index in [1.807, 2.05) is 12.1 Å². The minimum atomic E-state index is 0.627. The van der Waals surface area contributed by atoms with Crippen LogP contribution in [-0.4, -0.2) is 4.98 Å². The number of hydrogen-bond acceptors (Lipinski definition) is 1. The maximum absolute atomic E-state index is 6.30. The highest BCUT2D eigenvalue weighted by Crippen LogP contribution is 2.33. The molecule has 96 valence electrons. The molecule has 3 aromatic rings. The molecule has 0 fully saturated rings. The summed E-state index contributed by atoms with van der Waals surface area (Å²) < 4.78 is 1.10. The van der Waals surface area contributed by atoms with Crippen LogP contribution < -0.4 is 0 Å². The fourth-order valence-corrected chi connectivity index (χ4v) is 3.26. The number of pyridine rings is 1. The number of rotatable bonds is 2. The summed E-state index contributed by atoms with van der Waals surface area (Å²) >= 11 is 9.94. The van der Waals surface area contributed by atoms with E-state index in [9.17, 15) is 0 Å². The van der Waals surface area contributed by atoms with Crippen molar-refractivity contribution in [1.29, 1.82) is 0 Å². The van der Waals surface area contributed by atoms with Gasteiger partial charge < -0.3 is 0 Å². The van der Waals surface area contributed by atoms with Gasteiger partial charge in [-0.25, -0.2) is 4.98 Å². The third kappa shape index (κ3) is 2.24. The molecule has 0 spiro atoms. The molecular weight excluding hydrogens is 322 g/mol. The van der Waals surface area contributed by atoms with Crippen molar-refractivity contribution >= 4 is 49.2 Å². The largest absolute Gasteiger partial charge is 0.235 e. The average molecular weight is 335 g/mol. The van der Waals surface area contributed by atoms with Gasteiger partial charge in [0, 0.05) is 15.2 Å². The van der Waals surface area contributed by atoms with Gasteiger partial charge in [0.15, 0.2) is 0 Å². The van der Waals surface area contributed by atoms with E-state index >= 15 is 0 Å². The van der Waals surface area contributed by atoms with Crippen LogP contribution in [0.1, 0.15) is 18.9 Å². The molecule has 0 amide bonds. The number of hydrogen-bond donors (Lipinski definition) is 0. The lowest BCUT2D eigenvalue weighted by atomic mass is 10.0. The fourth-order valence-electron chi connectivity index (χ4n) is 2.43. The Labute approximate surface area is 125 Å². The van der Waals surface area contributed by atoms with E-state index in [0.717, 1.165) is 39.2 Å². The Bertz CT molecular complexity index is 767. The molecule has 1 heterocycles. The van der Waals surface area contributed by atoms with Crippen molar-refractivity contribution in [1.82, 2.24) is 4.98 Å². The van der Waals surface area contributed by atoms with Crippen molar-refractivity contribution in [3.05, 3.63) is 51.6 Å². The first kappa shape index (κ1) is 12.9. The number of fused-ring (bicyclic) bond motifs is 3. The maximum atomic E-state index is 6.30. The number of nitrogens with zero attached hydrogens (tertiary/aromatic N) is 1. The molecule has 0 radical (unpaired) electrons. The molecule has 19 heavy (non-hydrogen) atoms. The lowest BCUT2D eigenvalue weighted by Gasteiger charge is -2.09. The summed E-state index contributed by atoms with van der Waals surface area (Å²) in [6.07, 6.45) is 2.04. The van der Waals surface area contributed by atoms with E-state index in [2.05, 4.69) is 52.1 Å². The van der Waals surface area contributed by atoms with E-state index in [4.69, 9.17) is 11.6 Å². The lowest BCUT2D eigenvalue weighted by molar-refractivity contribution is 0.918. The standard InChI is InChI=1S/C16H13BrClN/c1-2-5-10-8-11-9-14(17)12-6-3-4-7-13(12)15(11)19-16(10)18/h3-4,6-9H,2,5H2,1H3. The van der Waals surface area contributed by atoms with Crippen molar-refractivity contribution in [3.63, 3.8) is 0 Å². The Morgan fingerprint density at radius 1 is 1.16 bits per heavy atom. The Balaban J connectivity index is 2.40. The zero-order valence-electron chi connectivity index (χ0n) is 10.6. The third-order valence-electron chi connectivity index (χ3n) is 3.32. The third-order valence-corrected chi connectivity index (χ3v) is 4.30. The Morgan fingerprint density at radius 3 is 2.63 bits per heavy atom. The van der Waals surface area contributed by atoms with Gasteiger partial charge in [0.05, 0.1) is 5.52 Å². The Kier molecular flexibility index (Phi) is 3.46. The van der Waals surface area contributed by atoms with E-state index in [-0.39, 0.29) is 0 Å². The van der Waals surface area contributed by atoms with Crippen molar-refractivity contribution < 1.29 is 0 Å². The van der Waals surface area contributed by atoms with Gasteiger partial charge in [-0.15, -0.1) is 0 Å². The average Bonchev–Trinajstić information content (AvgIpc) is 2.42. The van der Waals surface area contributed by atoms with Gasteiger partial charge in [-0.05, 0) is 29.5 Å². The molecular formula is C16H13BrClN. The number of aryl methyl sites for hydroxylation is 1. The van der Waals surface area contributed by atoms with Gasteiger partial charge in [-0.1, -0.05) is 65.1 Å². The second-order valence-electron chi connectivity index (χ2n) is 4.66. The first-order valence-corrected chi connectivity index (χ1v) is 7.54. The minimum Gasteiger partial charge on any atom is -0.235 e. The molecule has 0 aliphatic rings. The second kappa shape index (κ2) is 5.10. The van der Waals surface area contributed by atoms with Crippen LogP contribution in [0.5, 0.6) is 0 Å². The molecule has 0 aliphatic carbocycles. The summed E-state index contributed by atoms with van der Waals surface area (Å²) in [6.45, 7) is 2.15. The van der Waals surface area contributed by atoms with Crippen LogP contribution in [0.15, 0.2) is 40.9 Å². The highest BCUT2D eigenvalue weighted by atomic mass is 79.9. The maximum Gasteiger partial charge on any atom is 0.132 e. The number of benzene rings is 2. The summed E-state index contributed by atoms with van der Waals surface area (Å²) in [6, 6.07) is 12.5. The van der Waals surface area contributed by atoms with Crippen molar-refractivity contribution in [2.75, 3.05) is 0 Å². The first-order valence-electron chi connectivity index (χ1n) is 6.37. The minimum absolute atomic E-state index is 0.627. The molecule has 0 atom stereocenters. The van der Waals surface area contributed by atoms with Gasteiger partial charge in [0.2, 0.25) is 0 Å². The Hall–Kier alpha value is -1.12. The summed E-state index contributed by atoms with van der Waals surface area (Å²) in [5.41, 5.74) is 2.10. The topological polar surface area (TPSA) is 12.9 Å². The van der Waals surface area contributed by atoms with E-state index < -0.39 is 0 Å². The molecule has 3 heteroatoms. The lowest BCUT2D eigenvalue weighted by Crippen LogP contribution is -1.91. The van der Waals surface area contributed by atoms with Gasteiger partial charge >= 0.3 is 0 Å². The predicted molar refractivity (Wildman–Crippen MR) is 86.0 cm³/mol. The highest BCUT2D eigenvalue weighted by molar-refractivity contribution is 9.10. The van der Waals surface area contributed by atoms with E-state index in [1.54, 1.807) is 0 Å². The van der Waals surface area contributed by atoms with Crippen LogP contribution in [-0.2, 0) is 6.42 Å². The SMILES string of the molecule is CCCc1cc2cc(Br)c3ccccc3c2nc1Cl. The zero-order valence-corrected chi connectivity index (χ0v) is 12.9. The van der Waals surface area contributed by atoms with Crippen LogP contribution in [0, 0.1) is 0 Å². The number of halogens is 2. The van der Waals surface area contributed by atoms with Crippen molar-refractivity contribution in [3.8, 4) is 0 Å². The second-order valence-corrected chi connectivity index (χ2v) is 5.88. The van der Waals surface area contributed by atoms with E-state index in [0.29, 0.717) is 5.15 Å². The molecule has 3 rings (SSSR count). The van der Waals surface area contributed by atoms with Crippen molar-refractivity contribution in [2.24, 2.45) is 0 Å². The summed E-state index contributed by atoms with van der Waals surface area (Å²) in [5.74, 6) is 0. The molecule has 0 bridgehead atoms. The summed E-state index contributed by atoms with van der Waals surface area (Å²) in [4.78, 5) is 4.61. The number of aromatic nitrogens is 1. The molecule has 1 aromatic heterocycles. The van der Waals surface area contributed by atoms with Crippen LogP contribution in [0.25, 0.3) is 21.7 Å². The predicted octanol–water partition coefficient (Wildman–Crippen LogP) is 5.76. The van der Waals surface area contributed by atoms with Crippen molar-refractivity contribution in [2.45, 2.75) is 19.8 Å². The Morgan fingerprint density at radius 2 is 1.89 bits per heavy atom. The monoisotopic (exact) mass is 333 g/mol. The van der Waals surface area contributed by atoms with Crippen LogP contribution in [0.3, 0.4) is 0 Å². The van der Waals surface area contributed by atoms with Crippen LogP contribution >= 0.6 is 27.5 Å². The van der Waals surface area contributed by atoms with Gasteiger partial charge in [-0.3, -0.25) is 0 Å². The summed E-state index contributed by atoms with van der Waals surface area (Å²) in [5, 5.41) is 4.07. The van der Waals surface area contributed by atoms with Gasteiger partial charge in [0.25, 0.3) is 0 Å². The smallest absolute Gasteiger partial charge is 0.132 e. The molecule has 0 N–H and O–H groups in total. The highest BCUT2D eigenvalue weighted by Gasteiger charge is 2.09. The van der Waals surface area contributed by atoms with Gasteiger partial charge in [-0.2, -0.15) is 0 Å². The van der Waals surface area contributed by atoms with Crippen LogP contribution in [0.2, 0.25) is 5.15 Å². The molecule has 0 aliphatic heterocycles. The molecule has 2 aromatic carbocycles. The zero-order chi connectivity index (χ0) is 13.4. The van der Waals surface area contributed by atoms with E-state index in [1.165, 1.54) is 5.39 Å². The molecule has 0 unspecified atom stereocenters. The van der Waals surface area contributed by atoms with Crippen LogP contribution in [0.4, 0.5) is 0 Å².